The second-order valence-corrected chi connectivity index (χ2v) is 6.51. The Morgan fingerprint density at radius 3 is 2.26 bits per heavy atom. The van der Waals surface area contributed by atoms with Gasteiger partial charge in [0.05, 0.1) is 6.54 Å². The molecule has 3 amide bonds. The van der Waals surface area contributed by atoms with Crippen LogP contribution in [0.15, 0.2) is 60.7 Å². The van der Waals surface area contributed by atoms with Crippen LogP contribution in [0.2, 0.25) is 0 Å². The molecule has 1 aliphatic rings. The molecule has 2 aromatic rings. The van der Waals surface area contributed by atoms with Crippen molar-refractivity contribution in [3.8, 4) is 5.75 Å². The number of piperidine rings is 1. The first kappa shape index (κ1) is 18.8. The van der Waals surface area contributed by atoms with Gasteiger partial charge < -0.3 is 20.3 Å². The molecular weight excluding hydrogens is 342 g/mol. The fraction of sp³-hybridized carbons (Fsp3) is 0.333. The Balaban J connectivity index is 1.34. The van der Waals surface area contributed by atoms with Gasteiger partial charge in [0.25, 0.3) is 0 Å². The number of benzene rings is 2. The van der Waals surface area contributed by atoms with E-state index in [1.165, 1.54) is 0 Å². The van der Waals surface area contributed by atoms with Crippen LogP contribution in [0.5, 0.6) is 5.75 Å². The molecule has 6 nitrogen and oxygen atoms in total. The highest BCUT2D eigenvalue weighted by atomic mass is 16.5. The van der Waals surface area contributed by atoms with Crippen LogP contribution >= 0.6 is 0 Å². The van der Waals surface area contributed by atoms with Gasteiger partial charge in [0.2, 0.25) is 5.91 Å². The largest absolute Gasteiger partial charge is 0.492 e. The van der Waals surface area contributed by atoms with Gasteiger partial charge in [-0.05, 0) is 37.1 Å². The minimum absolute atomic E-state index is 0.0368. The lowest BCUT2D eigenvalue weighted by Crippen LogP contribution is -2.45. The van der Waals surface area contributed by atoms with Crippen molar-refractivity contribution in [1.29, 1.82) is 0 Å². The van der Waals surface area contributed by atoms with E-state index < -0.39 is 0 Å². The summed E-state index contributed by atoms with van der Waals surface area (Å²) in [5.41, 5.74) is 0.779. The Kier molecular flexibility index (Phi) is 6.68. The predicted molar refractivity (Wildman–Crippen MR) is 105 cm³/mol. The second kappa shape index (κ2) is 9.62. The molecule has 6 heteroatoms. The fourth-order valence-corrected chi connectivity index (χ4v) is 3.07. The van der Waals surface area contributed by atoms with Gasteiger partial charge in [-0.15, -0.1) is 0 Å². The van der Waals surface area contributed by atoms with Crippen molar-refractivity contribution < 1.29 is 14.3 Å². The SMILES string of the molecule is O=C(NCCOc1ccccc1)C1CCN(C(=O)Nc2ccccc2)CC1. The number of carbonyl (C=O) groups excluding carboxylic acids is 2. The Morgan fingerprint density at radius 1 is 0.963 bits per heavy atom. The van der Waals surface area contributed by atoms with Gasteiger partial charge in [0.15, 0.2) is 0 Å². The summed E-state index contributed by atoms with van der Waals surface area (Å²) in [5, 5.41) is 5.81. The Labute approximate surface area is 159 Å². The molecule has 0 aliphatic carbocycles. The lowest BCUT2D eigenvalue weighted by molar-refractivity contribution is -0.126. The molecule has 0 radical (unpaired) electrons. The predicted octanol–water partition coefficient (Wildman–Crippen LogP) is 3.13. The van der Waals surface area contributed by atoms with Crippen LogP contribution < -0.4 is 15.4 Å². The number of anilines is 1. The number of para-hydroxylation sites is 2. The minimum atomic E-state index is -0.115. The molecule has 1 fully saturated rings. The molecule has 142 valence electrons. The standard InChI is InChI=1S/C21H25N3O3/c25-20(22-13-16-27-19-9-5-2-6-10-19)17-11-14-24(15-12-17)21(26)23-18-7-3-1-4-8-18/h1-10,17H,11-16H2,(H,22,25)(H,23,26). The monoisotopic (exact) mass is 367 g/mol. The Morgan fingerprint density at radius 2 is 1.59 bits per heavy atom. The van der Waals surface area contributed by atoms with Crippen LogP contribution in [0.25, 0.3) is 0 Å². The first-order chi connectivity index (χ1) is 13.2. The van der Waals surface area contributed by atoms with E-state index in [9.17, 15) is 9.59 Å². The number of nitrogens with zero attached hydrogens (tertiary/aromatic N) is 1. The van der Waals surface area contributed by atoms with Gasteiger partial charge in [-0.25, -0.2) is 4.79 Å². The number of amides is 3. The normalized spacial score (nSPS) is 14.4. The van der Waals surface area contributed by atoms with E-state index in [0.29, 0.717) is 39.1 Å². The maximum absolute atomic E-state index is 12.3. The Hall–Kier alpha value is -3.02. The van der Waals surface area contributed by atoms with Gasteiger partial charge in [-0.1, -0.05) is 36.4 Å². The summed E-state index contributed by atoms with van der Waals surface area (Å²) in [4.78, 5) is 26.3. The number of hydrogen-bond acceptors (Lipinski definition) is 3. The summed E-state index contributed by atoms with van der Waals surface area (Å²) in [7, 11) is 0. The number of carbonyl (C=O) groups is 2. The molecule has 27 heavy (non-hydrogen) atoms. The zero-order valence-electron chi connectivity index (χ0n) is 15.3. The van der Waals surface area contributed by atoms with E-state index in [-0.39, 0.29) is 17.9 Å². The highest BCUT2D eigenvalue weighted by Gasteiger charge is 2.27. The third-order valence-corrected chi connectivity index (χ3v) is 4.59. The lowest BCUT2D eigenvalue weighted by Gasteiger charge is -2.31. The van der Waals surface area contributed by atoms with Crippen LogP contribution in [0.1, 0.15) is 12.8 Å². The van der Waals surface area contributed by atoms with Gasteiger partial charge >= 0.3 is 6.03 Å². The van der Waals surface area contributed by atoms with E-state index >= 15 is 0 Å². The number of likely N-dealkylation sites (tertiary alicyclic amines) is 1. The van der Waals surface area contributed by atoms with Gasteiger partial charge in [0, 0.05) is 24.7 Å². The summed E-state index contributed by atoms with van der Waals surface area (Å²) >= 11 is 0. The number of hydrogen-bond donors (Lipinski definition) is 2. The van der Waals surface area contributed by atoms with Crippen molar-refractivity contribution >= 4 is 17.6 Å². The summed E-state index contributed by atoms with van der Waals surface area (Å²) in [6.07, 6.45) is 1.35. The number of ether oxygens (including phenoxy) is 1. The molecule has 0 unspecified atom stereocenters. The van der Waals surface area contributed by atoms with E-state index in [2.05, 4.69) is 10.6 Å². The van der Waals surface area contributed by atoms with Crippen LogP contribution in [-0.2, 0) is 4.79 Å². The zero-order chi connectivity index (χ0) is 18.9. The third-order valence-electron chi connectivity index (χ3n) is 4.59. The maximum Gasteiger partial charge on any atom is 0.321 e. The van der Waals surface area contributed by atoms with Crippen LogP contribution in [0.3, 0.4) is 0 Å². The lowest BCUT2D eigenvalue weighted by atomic mass is 9.96. The van der Waals surface area contributed by atoms with Crippen molar-refractivity contribution in [2.24, 2.45) is 5.92 Å². The second-order valence-electron chi connectivity index (χ2n) is 6.51. The zero-order valence-corrected chi connectivity index (χ0v) is 15.3. The molecule has 0 spiro atoms. The van der Waals surface area contributed by atoms with Crippen molar-refractivity contribution in [3.63, 3.8) is 0 Å². The van der Waals surface area contributed by atoms with Crippen LogP contribution in [-0.4, -0.2) is 43.1 Å². The summed E-state index contributed by atoms with van der Waals surface area (Å²) in [6, 6.07) is 18.8. The Bertz CT molecular complexity index is 729. The summed E-state index contributed by atoms with van der Waals surface area (Å²) in [5.74, 6) is 0.779. The molecule has 0 saturated carbocycles. The highest BCUT2D eigenvalue weighted by Crippen LogP contribution is 2.18. The highest BCUT2D eigenvalue weighted by molar-refractivity contribution is 5.89. The van der Waals surface area contributed by atoms with Crippen molar-refractivity contribution in [1.82, 2.24) is 10.2 Å². The maximum atomic E-state index is 12.3. The molecule has 1 heterocycles. The van der Waals surface area contributed by atoms with E-state index in [4.69, 9.17) is 4.74 Å². The van der Waals surface area contributed by atoms with Crippen LogP contribution in [0, 0.1) is 5.92 Å². The molecular formula is C21H25N3O3. The van der Waals surface area contributed by atoms with Crippen LogP contribution in [0.4, 0.5) is 10.5 Å². The van der Waals surface area contributed by atoms with Gasteiger partial charge in [-0.3, -0.25) is 4.79 Å². The van der Waals surface area contributed by atoms with Gasteiger partial charge in [-0.2, -0.15) is 0 Å². The first-order valence-corrected chi connectivity index (χ1v) is 9.29. The molecule has 1 saturated heterocycles. The van der Waals surface area contributed by atoms with E-state index in [0.717, 1.165) is 11.4 Å². The molecule has 1 aliphatic heterocycles. The third kappa shape index (κ3) is 5.74. The fourth-order valence-electron chi connectivity index (χ4n) is 3.07. The smallest absolute Gasteiger partial charge is 0.321 e. The molecule has 2 aromatic carbocycles. The minimum Gasteiger partial charge on any atom is -0.492 e. The average Bonchev–Trinajstić information content (AvgIpc) is 2.72. The summed E-state index contributed by atoms with van der Waals surface area (Å²) < 4.78 is 5.57. The van der Waals surface area contributed by atoms with Crippen molar-refractivity contribution in [2.45, 2.75) is 12.8 Å². The number of urea groups is 1. The average molecular weight is 367 g/mol. The molecule has 3 rings (SSSR count). The molecule has 0 atom stereocenters. The summed E-state index contributed by atoms with van der Waals surface area (Å²) in [6.45, 7) is 2.07. The van der Waals surface area contributed by atoms with E-state index in [1.807, 2.05) is 60.7 Å². The molecule has 0 aromatic heterocycles. The van der Waals surface area contributed by atoms with Crippen molar-refractivity contribution in [3.05, 3.63) is 60.7 Å². The molecule has 0 bridgehead atoms. The topological polar surface area (TPSA) is 70.7 Å². The molecule has 2 N–H and O–H groups in total. The van der Waals surface area contributed by atoms with E-state index in [1.54, 1.807) is 4.90 Å². The number of rotatable bonds is 6. The van der Waals surface area contributed by atoms with Crippen molar-refractivity contribution in [2.75, 3.05) is 31.6 Å². The van der Waals surface area contributed by atoms with Gasteiger partial charge in [0.1, 0.15) is 12.4 Å². The quantitative estimate of drug-likeness (QED) is 0.771. The number of nitrogens with one attached hydrogen (secondary N) is 2. The first-order valence-electron chi connectivity index (χ1n) is 9.29.